The maximum Gasteiger partial charge on any atom is 0.272 e. The molecule has 3 amide bonds. The summed E-state index contributed by atoms with van der Waals surface area (Å²) >= 11 is 2.71. The van der Waals surface area contributed by atoms with Crippen molar-refractivity contribution in [2.45, 2.75) is 10.1 Å². The average molecular weight is 777 g/mol. The highest BCUT2D eigenvalue weighted by atomic mass is 32.2. The number of nitrogens with zero attached hydrogens (tertiary/aromatic N) is 1. The fraction of sp³-hybridized carbons (Fsp3) is 0.0667. The zero-order chi connectivity index (χ0) is 38.9. The molecule has 0 aliphatic heterocycles. The van der Waals surface area contributed by atoms with Crippen molar-refractivity contribution in [2.75, 3.05) is 24.9 Å². The molecule has 0 saturated heterocycles. The molecule has 1 unspecified atom stereocenters. The summed E-state index contributed by atoms with van der Waals surface area (Å²) in [4.78, 5) is 46.6. The van der Waals surface area contributed by atoms with Gasteiger partial charge in [0.25, 0.3) is 11.8 Å². The first kappa shape index (κ1) is 37.6. The molecule has 0 aliphatic rings. The largest absolute Gasteiger partial charge is 0.497 e. The van der Waals surface area contributed by atoms with Crippen molar-refractivity contribution < 1.29 is 23.9 Å². The van der Waals surface area contributed by atoms with Crippen LogP contribution in [0.25, 0.3) is 28.1 Å². The quantitative estimate of drug-likeness (QED) is 0.0788. The first-order valence-corrected chi connectivity index (χ1v) is 19.3. The molecule has 3 N–H and O–H groups in total. The van der Waals surface area contributed by atoms with Crippen molar-refractivity contribution in [1.29, 1.82) is 0 Å². The van der Waals surface area contributed by atoms with E-state index in [4.69, 9.17) is 14.5 Å². The number of nitrogens with one attached hydrogen (secondary N) is 3. The Morgan fingerprint density at radius 1 is 0.732 bits per heavy atom. The van der Waals surface area contributed by atoms with Gasteiger partial charge in [0.15, 0.2) is 5.13 Å². The minimum Gasteiger partial charge on any atom is -0.497 e. The van der Waals surface area contributed by atoms with Crippen LogP contribution in [0.5, 0.6) is 11.5 Å². The predicted molar refractivity (Wildman–Crippen MR) is 225 cm³/mol. The fourth-order valence-electron chi connectivity index (χ4n) is 5.90. The number of hydrogen-bond acceptors (Lipinski definition) is 8. The monoisotopic (exact) mass is 776 g/mol. The number of thiazole rings is 1. The minimum absolute atomic E-state index is 0.00609. The first-order valence-electron chi connectivity index (χ1n) is 17.6. The van der Waals surface area contributed by atoms with Crippen LogP contribution in [0.15, 0.2) is 162 Å². The molecule has 0 aliphatic carbocycles. The number of methoxy groups -OCH3 is 2. The summed E-state index contributed by atoms with van der Waals surface area (Å²) in [5.74, 6) is -0.220. The predicted octanol–water partition coefficient (Wildman–Crippen LogP) is 9.86. The molecule has 6 aromatic carbocycles. The molecule has 0 bridgehead atoms. The third-order valence-electron chi connectivity index (χ3n) is 8.74. The lowest BCUT2D eigenvalue weighted by molar-refractivity contribution is -0.116. The molecule has 0 spiro atoms. The van der Waals surface area contributed by atoms with Gasteiger partial charge in [0, 0.05) is 38.7 Å². The highest BCUT2D eigenvalue weighted by Gasteiger charge is 2.24. The lowest BCUT2D eigenvalue weighted by atomic mass is 10.1. The van der Waals surface area contributed by atoms with Crippen LogP contribution in [0.3, 0.4) is 0 Å². The summed E-state index contributed by atoms with van der Waals surface area (Å²) in [6.45, 7) is 0. The van der Waals surface area contributed by atoms with Crippen LogP contribution >= 0.6 is 23.1 Å². The van der Waals surface area contributed by atoms with Crippen LogP contribution in [-0.2, 0) is 9.59 Å². The van der Waals surface area contributed by atoms with E-state index in [1.807, 2.05) is 66.0 Å². The number of aromatic nitrogens is 1. The molecule has 1 heterocycles. The lowest BCUT2D eigenvalue weighted by Gasteiger charge is -2.17. The van der Waals surface area contributed by atoms with Crippen molar-refractivity contribution in [2.24, 2.45) is 0 Å². The second-order valence-corrected chi connectivity index (χ2v) is 14.5. The summed E-state index contributed by atoms with van der Waals surface area (Å²) < 4.78 is 10.9. The summed E-state index contributed by atoms with van der Waals surface area (Å²) in [7, 11) is 3.06. The fourth-order valence-corrected chi connectivity index (χ4v) is 7.71. The number of thioether (sulfide) groups is 1. The number of anilines is 2. The Morgan fingerprint density at radius 2 is 1.48 bits per heavy atom. The Kier molecular flexibility index (Phi) is 11.8. The van der Waals surface area contributed by atoms with E-state index < -0.39 is 17.1 Å². The van der Waals surface area contributed by atoms with Crippen molar-refractivity contribution in [3.63, 3.8) is 0 Å². The van der Waals surface area contributed by atoms with Crippen LogP contribution in [0, 0.1) is 0 Å². The van der Waals surface area contributed by atoms with Crippen molar-refractivity contribution in [1.82, 2.24) is 10.3 Å². The molecule has 0 fully saturated rings. The van der Waals surface area contributed by atoms with Gasteiger partial charge < -0.3 is 25.4 Å². The van der Waals surface area contributed by atoms with E-state index in [9.17, 15) is 14.4 Å². The van der Waals surface area contributed by atoms with E-state index in [1.165, 1.54) is 30.2 Å². The Balaban J connectivity index is 1.11. The van der Waals surface area contributed by atoms with Gasteiger partial charge in [-0.25, -0.2) is 4.98 Å². The lowest BCUT2D eigenvalue weighted by Crippen LogP contribution is -2.30. The normalized spacial score (nSPS) is 11.7. The molecule has 7 rings (SSSR count). The van der Waals surface area contributed by atoms with Gasteiger partial charge in [0.05, 0.1) is 19.9 Å². The summed E-state index contributed by atoms with van der Waals surface area (Å²) in [5, 5.41) is 12.8. The molecule has 56 heavy (non-hydrogen) atoms. The molecular formula is C45H36N4O5S2. The number of rotatable bonds is 13. The third-order valence-corrected chi connectivity index (χ3v) is 10.7. The second kappa shape index (κ2) is 17.6. The zero-order valence-corrected chi connectivity index (χ0v) is 32.0. The number of ether oxygens (including phenoxy) is 2. The third kappa shape index (κ3) is 9.15. The summed E-state index contributed by atoms with van der Waals surface area (Å²) in [6.07, 6.45) is 1.55. The molecule has 278 valence electrons. The van der Waals surface area contributed by atoms with Crippen LogP contribution in [0.1, 0.15) is 26.7 Å². The maximum atomic E-state index is 14.0. The van der Waals surface area contributed by atoms with E-state index in [0.29, 0.717) is 33.4 Å². The van der Waals surface area contributed by atoms with Crippen molar-refractivity contribution >= 4 is 68.5 Å². The molecular weight excluding hydrogens is 741 g/mol. The number of carbonyl (C=O) groups excluding carboxylic acids is 3. The Labute approximate surface area is 332 Å². The Morgan fingerprint density at radius 3 is 2.25 bits per heavy atom. The highest BCUT2D eigenvalue weighted by Crippen LogP contribution is 2.38. The molecule has 11 heteroatoms. The number of fused-ring (bicyclic) bond motifs is 1. The van der Waals surface area contributed by atoms with Gasteiger partial charge >= 0.3 is 0 Å². The van der Waals surface area contributed by atoms with Crippen molar-refractivity contribution in [3.8, 4) is 22.8 Å². The zero-order valence-electron chi connectivity index (χ0n) is 30.4. The smallest absolute Gasteiger partial charge is 0.272 e. The SMILES string of the molecule is COc1ccc(/C=C(/NC(=O)c2ccccc2)C(=O)Nc2cccc(SC(C(=O)Nc3nc(-c4ccc5ccccc5c4)cs3)c3ccccc3)c2)c(OC)c1. The topological polar surface area (TPSA) is 119 Å². The van der Waals surface area contributed by atoms with E-state index in [-0.39, 0.29) is 11.6 Å². The van der Waals surface area contributed by atoms with Gasteiger partial charge in [-0.05, 0) is 70.9 Å². The van der Waals surface area contributed by atoms with E-state index in [1.54, 1.807) is 73.8 Å². The minimum atomic E-state index is -0.640. The molecule has 0 saturated carbocycles. The van der Waals surface area contributed by atoms with Gasteiger partial charge in [-0.1, -0.05) is 91.0 Å². The Hall–Kier alpha value is -6.69. The van der Waals surface area contributed by atoms with Gasteiger partial charge in [-0.2, -0.15) is 0 Å². The summed E-state index contributed by atoms with van der Waals surface area (Å²) in [5.41, 5.74) is 3.95. The first-order chi connectivity index (χ1) is 27.4. The van der Waals surface area contributed by atoms with Gasteiger partial charge in [-0.3, -0.25) is 14.4 Å². The number of benzene rings is 6. The highest BCUT2D eigenvalue weighted by molar-refractivity contribution is 8.00. The van der Waals surface area contributed by atoms with E-state index in [0.717, 1.165) is 32.5 Å². The van der Waals surface area contributed by atoms with Crippen LogP contribution in [-0.4, -0.2) is 36.9 Å². The van der Waals surface area contributed by atoms with Crippen LogP contribution in [0.4, 0.5) is 10.8 Å². The average Bonchev–Trinajstić information content (AvgIpc) is 3.71. The van der Waals surface area contributed by atoms with E-state index >= 15 is 0 Å². The second-order valence-electron chi connectivity index (χ2n) is 12.5. The number of carbonyl (C=O) groups is 3. The maximum absolute atomic E-state index is 14.0. The summed E-state index contributed by atoms with van der Waals surface area (Å²) in [6, 6.07) is 44.9. The molecule has 1 aromatic heterocycles. The van der Waals surface area contributed by atoms with Crippen LogP contribution in [0.2, 0.25) is 0 Å². The van der Waals surface area contributed by atoms with Crippen molar-refractivity contribution in [3.05, 3.63) is 173 Å². The van der Waals surface area contributed by atoms with Gasteiger partial charge in [-0.15, -0.1) is 23.1 Å². The van der Waals surface area contributed by atoms with Gasteiger partial charge in [0.1, 0.15) is 22.4 Å². The Bertz CT molecular complexity index is 2540. The number of hydrogen-bond donors (Lipinski definition) is 3. The number of amides is 3. The standard InChI is InChI=1S/C45H36N4O5S2/c1-53-36-23-22-34(40(27-36)54-2)25-38(47-42(50)31-15-7-4-8-16-31)43(51)46-35-18-11-19-37(26-35)56-41(30-13-5-3-6-14-30)44(52)49-45-48-39(28-55-45)33-21-20-29-12-9-10-17-32(29)24-33/h3-28,41H,1-2H3,(H,46,51)(H,47,50)(H,48,49,52)/b38-25+. The molecule has 9 nitrogen and oxygen atoms in total. The van der Waals surface area contributed by atoms with E-state index in [2.05, 4.69) is 40.2 Å². The molecule has 7 aromatic rings. The molecule has 1 atom stereocenters. The van der Waals surface area contributed by atoms with Gasteiger partial charge in [0.2, 0.25) is 5.91 Å². The molecule has 0 radical (unpaired) electrons. The van der Waals surface area contributed by atoms with Crippen LogP contribution < -0.4 is 25.4 Å².